The number of fused-ring (bicyclic) bond motifs is 7. The summed E-state index contributed by atoms with van der Waals surface area (Å²) >= 11 is 0. The van der Waals surface area contributed by atoms with E-state index in [2.05, 4.69) is 237 Å². The van der Waals surface area contributed by atoms with Crippen LogP contribution in [0.15, 0.2) is 229 Å². The van der Waals surface area contributed by atoms with E-state index in [4.69, 9.17) is 4.42 Å². The summed E-state index contributed by atoms with van der Waals surface area (Å²) in [4.78, 5) is 2.45. The summed E-state index contributed by atoms with van der Waals surface area (Å²) in [5.41, 5.74) is 19.8. The maximum absolute atomic E-state index is 6.59. The predicted octanol–water partition coefficient (Wildman–Crippen LogP) is 17.2. The molecule has 0 unspecified atom stereocenters. The highest BCUT2D eigenvalue weighted by Gasteiger charge is 2.36. The first kappa shape index (κ1) is 36.9. The zero-order valence-corrected chi connectivity index (χ0v) is 35.2. The highest BCUT2D eigenvalue weighted by atomic mass is 16.3. The molecule has 0 fully saturated rings. The SMILES string of the molecule is CC1(C)c2cc(-c3ccccc3)ccc2-c2ccc(N(c3ccc(-c4ccc(-c5ccccc5)cc4)cc3)c3ccc(-c4cccc5c4oc4ccccc45)c4ccccc34)cc21. The first-order valence-electron chi connectivity index (χ1n) is 21.8. The van der Waals surface area contributed by atoms with E-state index in [-0.39, 0.29) is 5.41 Å². The zero-order valence-electron chi connectivity index (χ0n) is 35.2. The Morgan fingerprint density at radius 2 is 0.825 bits per heavy atom. The van der Waals surface area contributed by atoms with E-state index in [0.717, 1.165) is 50.1 Å². The quantitative estimate of drug-likeness (QED) is 0.160. The minimum absolute atomic E-state index is 0.204. The van der Waals surface area contributed by atoms with Crippen LogP contribution in [0.2, 0.25) is 0 Å². The van der Waals surface area contributed by atoms with Gasteiger partial charge >= 0.3 is 0 Å². The van der Waals surface area contributed by atoms with E-state index in [1.807, 2.05) is 6.07 Å². The number of hydrogen-bond donors (Lipinski definition) is 0. The fourth-order valence-corrected chi connectivity index (χ4v) is 10.1. The van der Waals surface area contributed by atoms with Crippen molar-refractivity contribution in [1.29, 1.82) is 0 Å². The van der Waals surface area contributed by atoms with Gasteiger partial charge in [0.15, 0.2) is 0 Å². The van der Waals surface area contributed by atoms with Crippen molar-refractivity contribution in [2.24, 2.45) is 0 Å². The predicted molar refractivity (Wildman–Crippen MR) is 265 cm³/mol. The van der Waals surface area contributed by atoms with Crippen LogP contribution < -0.4 is 4.90 Å². The molecule has 0 amide bonds. The molecule has 2 nitrogen and oxygen atoms in total. The van der Waals surface area contributed by atoms with Gasteiger partial charge in [-0.3, -0.25) is 0 Å². The number of anilines is 3. The molecule has 0 saturated heterocycles. The van der Waals surface area contributed by atoms with Gasteiger partial charge in [0, 0.05) is 38.5 Å². The van der Waals surface area contributed by atoms with Crippen LogP contribution >= 0.6 is 0 Å². The third kappa shape index (κ3) is 6.09. The second-order valence-electron chi connectivity index (χ2n) is 17.3. The fourth-order valence-electron chi connectivity index (χ4n) is 10.1. The number of para-hydroxylation sites is 2. The Labute approximate surface area is 368 Å². The lowest BCUT2D eigenvalue weighted by molar-refractivity contribution is 0.660. The molecule has 0 aliphatic heterocycles. The summed E-state index contributed by atoms with van der Waals surface area (Å²) in [5.74, 6) is 0. The average Bonchev–Trinajstić information content (AvgIpc) is 3.84. The second kappa shape index (κ2) is 14.6. The molecule has 0 atom stereocenters. The Morgan fingerprint density at radius 3 is 1.52 bits per heavy atom. The summed E-state index contributed by atoms with van der Waals surface area (Å²) in [6.07, 6.45) is 0. The first-order chi connectivity index (χ1) is 31.0. The number of furan rings is 1. The minimum Gasteiger partial charge on any atom is -0.455 e. The lowest BCUT2D eigenvalue weighted by atomic mass is 9.81. The smallest absolute Gasteiger partial charge is 0.143 e. The van der Waals surface area contributed by atoms with Crippen LogP contribution in [-0.2, 0) is 5.41 Å². The highest BCUT2D eigenvalue weighted by molar-refractivity contribution is 6.14. The van der Waals surface area contributed by atoms with Gasteiger partial charge in [-0.05, 0) is 109 Å². The topological polar surface area (TPSA) is 16.4 Å². The molecule has 1 heterocycles. The molecule has 10 aromatic carbocycles. The van der Waals surface area contributed by atoms with Crippen LogP contribution in [0, 0.1) is 0 Å². The molecule has 1 aliphatic carbocycles. The van der Waals surface area contributed by atoms with E-state index >= 15 is 0 Å². The molecule has 0 bridgehead atoms. The number of hydrogen-bond acceptors (Lipinski definition) is 2. The maximum atomic E-state index is 6.59. The van der Waals surface area contributed by atoms with Crippen LogP contribution in [0.3, 0.4) is 0 Å². The van der Waals surface area contributed by atoms with Crippen molar-refractivity contribution >= 4 is 49.8 Å². The maximum Gasteiger partial charge on any atom is 0.143 e. The molecule has 11 aromatic rings. The summed E-state index contributed by atoms with van der Waals surface area (Å²) < 4.78 is 6.59. The van der Waals surface area contributed by atoms with Crippen molar-refractivity contribution in [2.75, 3.05) is 4.90 Å². The normalized spacial score (nSPS) is 12.7. The Bertz CT molecular complexity index is 3510. The summed E-state index contributed by atoms with van der Waals surface area (Å²) in [7, 11) is 0. The van der Waals surface area contributed by atoms with Gasteiger partial charge in [0.1, 0.15) is 11.2 Å². The van der Waals surface area contributed by atoms with E-state index in [1.165, 1.54) is 66.4 Å². The molecular weight excluding hydrogens is 763 g/mol. The summed E-state index contributed by atoms with van der Waals surface area (Å²) in [6.45, 7) is 4.75. The lowest BCUT2D eigenvalue weighted by Gasteiger charge is -2.29. The standard InChI is InChI=1S/C61H43NO/c1-61(2)56-38-45(41-16-7-4-8-17-41)30-34-50(56)51-35-33-47(39-57(51)61)62(46-31-28-44(29-32-46)43-26-24-42(25-27-43)40-14-5-3-6-15-40)58-37-36-49(48-18-9-10-19-52(48)58)54-21-13-22-55-53-20-11-12-23-59(53)63-60(54)55/h3-39H,1-2H3. The molecule has 12 rings (SSSR count). The van der Waals surface area contributed by atoms with Crippen molar-refractivity contribution in [3.05, 3.63) is 236 Å². The van der Waals surface area contributed by atoms with Gasteiger partial charge in [-0.25, -0.2) is 0 Å². The van der Waals surface area contributed by atoms with Crippen molar-refractivity contribution in [3.63, 3.8) is 0 Å². The van der Waals surface area contributed by atoms with Crippen LogP contribution in [0.5, 0.6) is 0 Å². The van der Waals surface area contributed by atoms with E-state index in [1.54, 1.807) is 0 Å². The molecular formula is C61H43NO. The van der Waals surface area contributed by atoms with Crippen molar-refractivity contribution in [2.45, 2.75) is 19.3 Å². The van der Waals surface area contributed by atoms with E-state index in [9.17, 15) is 0 Å². The van der Waals surface area contributed by atoms with Crippen LogP contribution in [-0.4, -0.2) is 0 Å². The average molecular weight is 806 g/mol. The monoisotopic (exact) mass is 805 g/mol. The van der Waals surface area contributed by atoms with Gasteiger partial charge in [0.2, 0.25) is 0 Å². The lowest BCUT2D eigenvalue weighted by Crippen LogP contribution is -2.17. The minimum atomic E-state index is -0.204. The molecule has 0 spiro atoms. The molecule has 0 N–H and O–H groups in total. The Morgan fingerprint density at radius 1 is 0.333 bits per heavy atom. The van der Waals surface area contributed by atoms with Gasteiger partial charge in [-0.1, -0.05) is 196 Å². The van der Waals surface area contributed by atoms with Crippen LogP contribution in [0.25, 0.3) is 88.3 Å². The Balaban J connectivity index is 1.00. The summed E-state index contributed by atoms with van der Waals surface area (Å²) in [6, 6.07) is 81.6. The molecule has 0 saturated carbocycles. The van der Waals surface area contributed by atoms with Gasteiger partial charge in [0.05, 0.1) is 5.69 Å². The van der Waals surface area contributed by atoms with Crippen LogP contribution in [0.4, 0.5) is 17.1 Å². The van der Waals surface area contributed by atoms with E-state index < -0.39 is 0 Å². The highest BCUT2D eigenvalue weighted by Crippen LogP contribution is 2.52. The zero-order chi connectivity index (χ0) is 42.1. The fraction of sp³-hybridized carbons (Fsp3) is 0.0492. The number of rotatable bonds is 7. The van der Waals surface area contributed by atoms with Crippen molar-refractivity contribution in [3.8, 4) is 55.6 Å². The molecule has 298 valence electrons. The van der Waals surface area contributed by atoms with E-state index in [0.29, 0.717) is 0 Å². The second-order valence-corrected chi connectivity index (χ2v) is 17.3. The third-order valence-corrected chi connectivity index (χ3v) is 13.3. The van der Waals surface area contributed by atoms with Crippen molar-refractivity contribution < 1.29 is 4.42 Å². The van der Waals surface area contributed by atoms with Gasteiger partial charge in [-0.15, -0.1) is 0 Å². The van der Waals surface area contributed by atoms with Crippen molar-refractivity contribution in [1.82, 2.24) is 0 Å². The number of benzene rings is 10. The largest absolute Gasteiger partial charge is 0.455 e. The molecule has 1 aliphatic rings. The van der Waals surface area contributed by atoms with Gasteiger partial charge < -0.3 is 9.32 Å². The number of nitrogens with zero attached hydrogens (tertiary/aromatic N) is 1. The molecule has 1 aromatic heterocycles. The molecule has 0 radical (unpaired) electrons. The van der Waals surface area contributed by atoms with Crippen LogP contribution in [0.1, 0.15) is 25.0 Å². The van der Waals surface area contributed by atoms with Gasteiger partial charge in [-0.2, -0.15) is 0 Å². The Hall–Kier alpha value is -7.94. The molecule has 63 heavy (non-hydrogen) atoms. The Kier molecular flexibility index (Phi) is 8.55. The third-order valence-electron chi connectivity index (χ3n) is 13.3. The summed E-state index contributed by atoms with van der Waals surface area (Å²) in [5, 5.41) is 4.60. The first-order valence-corrected chi connectivity index (χ1v) is 21.8. The molecule has 2 heteroatoms. The van der Waals surface area contributed by atoms with Gasteiger partial charge in [0.25, 0.3) is 0 Å².